The summed E-state index contributed by atoms with van der Waals surface area (Å²) in [5.41, 5.74) is 0.716. The molecule has 2 aromatic rings. The van der Waals surface area contributed by atoms with Crippen LogP contribution in [-0.2, 0) is 0 Å². The van der Waals surface area contributed by atoms with Gasteiger partial charge in [0.05, 0.1) is 0 Å². The van der Waals surface area contributed by atoms with Gasteiger partial charge in [-0.25, -0.2) is 0 Å². The lowest BCUT2D eigenvalue weighted by Crippen LogP contribution is -2.40. The van der Waals surface area contributed by atoms with Crippen LogP contribution in [-0.4, -0.2) is 37.0 Å². The fraction of sp³-hybridized carbons (Fsp3) is 0.316. The largest absolute Gasteiger partial charge is 0.457 e. The molecular weight excluding hydrogens is 288 g/mol. The van der Waals surface area contributed by atoms with E-state index in [-0.39, 0.29) is 5.91 Å². The minimum absolute atomic E-state index is 0.106. The number of nitrogens with zero attached hydrogens (tertiary/aromatic N) is 1. The maximum absolute atomic E-state index is 12.7. The highest BCUT2D eigenvalue weighted by molar-refractivity contribution is 5.94. The maximum atomic E-state index is 12.7. The van der Waals surface area contributed by atoms with Gasteiger partial charge in [0.25, 0.3) is 5.91 Å². The number of carbonyl (C=O) groups excluding carboxylic acids is 1. The van der Waals surface area contributed by atoms with Gasteiger partial charge in [0.15, 0.2) is 0 Å². The molecule has 0 bridgehead atoms. The van der Waals surface area contributed by atoms with Crippen LogP contribution in [0, 0.1) is 0 Å². The molecule has 4 heteroatoms. The molecular formula is C19H22N2O2. The fourth-order valence-electron chi connectivity index (χ4n) is 3.01. The van der Waals surface area contributed by atoms with E-state index in [0.717, 1.165) is 37.4 Å². The van der Waals surface area contributed by atoms with Crippen molar-refractivity contribution in [2.45, 2.75) is 18.9 Å². The van der Waals surface area contributed by atoms with Crippen molar-refractivity contribution in [1.29, 1.82) is 0 Å². The van der Waals surface area contributed by atoms with E-state index >= 15 is 0 Å². The average molecular weight is 310 g/mol. The lowest BCUT2D eigenvalue weighted by atomic mass is 10.1. The number of nitrogens with one attached hydrogen (secondary N) is 1. The van der Waals surface area contributed by atoms with E-state index < -0.39 is 0 Å². The Labute approximate surface area is 137 Å². The van der Waals surface area contributed by atoms with Crippen LogP contribution < -0.4 is 10.1 Å². The molecule has 1 atom stereocenters. The summed E-state index contributed by atoms with van der Waals surface area (Å²) in [5, 5.41) is 3.17. The third kappa shape index (κ3) is 3.71. The van der Waals surface area contributed by atoms with E-state index in [4.69, 9.17) is 4.74 Å². The van der Waals surface area contributed by atoms with Crippen LogP contribution in [0.5, 0.6) is 11.5 Å². The Bertz CT molecular complexity index is 640. The highest BCUT2D eigenvalue weighted by Crippen LogP contribution is 2.23. The summed E-state index contributed by atoms with van der Waals surface area (Å²) in [6.07, 6.45) is 2.15. The molecule has 1 heterocycles. The van der Waals surface area contributed by atoms with Gasteiger partial charge in [-0.3, -0.25) is 4.79 Å². The number of ether oxygens (including phenoxy) is 1. The molecule has 1 saturated heterocycles. The summed E-state index contributed by atoms with van der Waals surface area (Å²) < 4.78 is 5.76. The summed E-state index contributed by atoms with van der Waals surface area (Å²) in [4.78, 5) is 14.6. The number of hydrogen-bond donors (Lipinski definition) is 1. The Morgan fingerprint density at radius 3 is 2.52 bits per heavy atom. The summed E-state index contributed by atoms with van der Waals surface area (Å²) in [6, 6.07) is 17.3. The second kappa shape index (κ2) is 7.29. The van der Waals surface area contributed by atoms with E-state index in [1.807, 2.05) is 66.5 Å². The number of hydrogen-bond acceptors (Lipinski definition) is 3. The number of likely N-dealkylation sites (tertiary alicyclic amines) is 1. The van der Waals surface area contributed by atoms with Gasteiger partial charge >= 0.3 is 0 Å². The predicted octanol–water partition coefficient (Wildman–Crippen LogP) is 3.30. The van der Waals surface area contributed by atoms with E-state index in [1.165, 1.54) is 0 Å². The van der Waals surface area contributed by atoms with Gasteiger partial charge < -0.3 is 15.0 Å². The molecule has 1 amide bonds. The summed E-state index contributed by atoms with van der Waals surface area (Å²) >= 11 is 0. The molecule has 1 aliphatic heterocycles. The van der Waals surface area contributed by atoms with E-state index in [9.17, 15) is 4.79 Å². The molecule has 2 aromatic carbocycles. The third-order valence-corrected chi connectivity index (χ3v) is 4.16. The highest BCUT2D eigenvalue weighted by atomic mass is 16.5. The molecule has 0 saturated carbocycles. The molecule has 4 nitrogen and oxygen atoms in total. The summed E-state index contributed by atoms with van der Waals surface area (Å²) in [6.45, 7) is 1.69. The van der Waals surface area contributed by atoms with Gasteiger partial charge in [0, 0.05) is 24.7 Å². The van der Waals surface area contributed by atoms with Crippen LogP contribution in [0.2, 0.25) is 0 Å². The van der Waals surface area contributed by atoms with Gasteiger partial charge in [0.1, 0.15) is 11.5 Å². The van der Waals surface area contributed by atoms with Crippen molar-refractivity contribution in [2.24, 2.45) is 0 Å². The topological polar surface area (TPSA) is 41.6 Å². The van der Waals surface area contributed by atoms with Crippen LogP contribution in [0.15, 0.2) is 54.6 Å². The smallest absolute Gasteiger partial charge is 0.254 e. The van der Waals surface area contributed by atoms with Crippen LogP contribution in [0.1, 0.15) is 23.2 Å². The first-order valence-electron chi connectivity index (χ1n) is 8.06. The normalized spacial score (nSPS) is 17.3. The quantitative estimate of drug-likeness (QED) is 0.921. The Kier molecular flexibility index (Phi) is 4.93. The number of rotatable bonds is 5. The monoisotopic (exact) mass is 310 g/mol. The molecule has 0 spiro atoms. The minimum Gasteiger partial charge on any atom is -0.457 e. The number of carbonyl (C=O) groups is 1. The first-order valence-corrected chi connectivity index (χ1v) is 8.06. The Morgan fingerprint density at radius 1 is 1.13 bits per heavy atom. The molecule has 1 fully saturated rings. The minimum atomic E-state index is 0.106. The number of benzene rings is 2. The second-order valence-corrected chi connectivity index (χ2v) is 5.79. The van der Waals surface area contributed by atoms with Crippen LogP contribution in [0.25, 0.3) is 0 Å². The molecule has 0 radical (unpaired) electrons. The molecule has 23 heavy (non-hydrogen) atoms. The molecule has 1 unspecified atom stereocenters. The van der Waals surface area contributed by atoms with E-state index in [1.54, 1.807) is 0 Å². The first-order chi connectivity index (χ1) is 11.3. The van der Waals surface area contributed by atoms with Crippen molar-refractivity contribution < 1.29 is 9.53 Å². The van der Waals surface area contributed by atoms with Crippen molar-refractivity contribution in [1.82, 2.24) is 10.2 Å². The molecule has 3 rings (SSSR count). The van der Waals surface area contributed by atoms with Crippen molar-refractivity contribution in [3.63, 3.8) is 0 Å². The zero-order valence-corrected chi connectivity index (χ0v) is 13.4. The fourth-order valence-corrected chi connectivity index (χ4v) is 3.01. The lowest BCUT2D eigenvalue weighted by Gasteiger charge is -2.24. The number of amides is 1. The predicted molar refractivity (Wildman–Crippen MR) is 90.9 cm³/mol. The number of likely N-dealkylation sites (N-methyl/N-ethyl adjacent to an activating group) is 1. The Morgan fingerprint density at radius 2 is 1.83 bits per heavy atom. The van der Waals surface area contributed by atoms with Gasteiger partial charge in [-0.05, 0) is 56.3 Å². The van der Waals surface area contributed by atoms with Crippen molar-refractivity contribution in [3.8, 4) is 11.5 Å². The standard InChI is InChI=1S/C19H22N2O2/c1-20-14-16-6-5-13-21(16)19(22)15-9-11-18(12-10-15)23-17-7-3-2-4-8-17/h2-4,7-12,16,20H,5-6,13-14H2,1H3. The van der Waals surface area contributed by atoms with Crippen LogP contribution in [0.4, 0.5) is 0 Å². The SMILES string of the molecule is CNCC1CCCN1C(=O)c1ccc(Oc2ccccc2)cc1. The number of para-hydroxylation sites is 1. The molecule has 0 aromatic heterocycles. The van der Waals surface area contributed by atoms with E-state index in [0.29, 0.717) is 11.6 Å². The highest BCUT2D eigenvalue weighted by Gasteiger charge is 2.28. The van der Waals surface area contributed by atoms with Gasteiger partial charge in [-0.1, -0.05) is 18.2 Å². The van der Waals surface area contributed by atoms with Crippen molar-refractivity contribution in [2.75, 3.05) is 20.1 Å². The summed E-state index contributed by atoms with van der Waals surface area (Å²) in [7, 11) is 1.93. The zero-order valence-electron chi connectivity index (χ0n) is 13.4. The maximum Gasteiger partial charge on any atom is 0.254 e. The van der Waals surface area contributed by atoms with Crippen molar-refractivity contribution in [3.05, 3.63) is 60.2 Å². The molecule has 1 N–H and O–H groups in total. The Balaban J connectivity index is 1.68. The molecule has 1 aliphatic rings. The Hall–Kier alpha value is -2.33. The van der Waals surface area contributed by atoms with Gasteiger partial charge in [-0.2, -0.15) is 0 Å². The van der Waals surface area contributed by atoms with E-state index in [2.05, 4.69) is 5.32 Å². The van der Waals surface area contributed by atoms with Crippen LogP contribution >= 0.6 is 0 Å². The van der Waals surface area contributed by atoms with Gasteiger partial charge in [0.2, 0.25) is 0 Å². The third-order valence-electron chi connectivity index (χ3n) is 4.16. The first kappa shape index (κ1) is 15.6. The second-order valence-electron chi connectivity index (χ2n) is 5.79. The van der Waals surface area contributed by atoms with Crippen LogP contribution in [0.3, 0.4) is 0 Å². The lowest BCUT2D eigenvalue weighted by molar-refractivity contribution is 0.0737. The average Bonchev–Trinajstić information content (AvgIpc) is 3.04. The van der Waals surface area contributed by atoms with Crippen molar-refractivity contribution >= 4 is 5.91 Å². The summed E-state index contributed by atoms with van der Waals surface area (Å²) in [5.74, 6) is 1.63. The molecule has 0 aliphatic carbocycles. The zero-order chi connectivity index (χ0) is 16.1. The molecule has 120 valence electrons. The van der Waals surface area contributed by atoms with Gasteiger partial charge in [-0.15, -0.1) is 0 Å².